The van der Waals surface area contributed by atoms with Crippen LogP contribution in [-0.4, -0.2) is 31.7 Å². The zero-order chi connectivity index (χ0) is 15.4. The molecule has 7 nitrogen and oxygen atoms in total. The van der Waals surface area contributed by atoms with Gasteiger partial charge < -0.3 is 14.4 Å². The molecule has 0 N–H and O–H groups in total. The lowest BCUT2D eigenvalue weighted by Crippen LogP contribution is -2.27. The van der Waals surface area contributed by atoms with Crippen LogP contribution < -0.4 is 14.4 Å². The molecular formula is C14H17N3O4. The van der Waals surface area contributed by atoms with E-state index in [-0.39, 0.29) is 11.7 Å². The van der Waals surface area contributed by atoms with Crippen molar-refractivity contribution in [2.75, 3.05) is 25.7 Å². The summed E-state index contributed by atoms with van der Waals surface area (Å²) in [6.07, 6.45) is 2.29. The molecule has 0 bridgehead atoms. The fraction of sp³-hybridized carbons (Fsp3) is 0.500. The van der Waals surface area contributed by atoms with Gasteiger partial charge in [0.25, 0.3) is 5.69 Å². The van der Waals surface area contributed by atoms with Gasteiger partial charge in [-0.3, -0.25) is 10.1 Å². The molecule has 0 radical (unpaired) electrons. The Bertz CT molecular complexity index is 578. The lowest BCUT2D eigenvalue weighted by atomic mass is 10.2. The Labute approximate surface area is 122 Å². The van der Waals surface area contributed by atoms with Crippen LogP contribution in [0.25, 0.3) is 0 Å². The van der Waals surface area contributed by atoms with E-state index in [1.165, 1.54) is 20.3 Å². The van der Waals surface area contributed by atoms with Gasteiger partial charge in [-0.15, -0.1) is 0 Å². The Kier molecular flexibility index (Phi) is 4.48. The van der Waals surface area contributed by atoms with Gasteiger partial charge in [-0.05, 0) is 12.8 Å². The number of nitro benzene ring substituents is 1. The molecule has 1 aliphatic rings. The number of ether oxygens (including phenoxy) is 2. The highest BCUT2D eigenvalue weighted by molar-refractivity contribution is 5.70. The number of nitro groups is 1. The van der Waals surface area contributed by atoms with Crippen LogP contribution >= 0.6 is 0 Å². The summed E-state index contributed by atoms with van der Waals surface area (Å²) in [5.74, 6) is 0.768. The minimum Gasteiger partial charge on any atom is -0.493 e. The summed E-state index contributed by atoms with van der Waals surface area (Å²) >= 11 is 0. The summed E-state index contributed by atoms with van der Waals surface area (Å²) in [7, 11) is 2.93. The van der Waals surface area contributed by atoms with Crippen molar-refractivity contribution in [2.24, 2.45) is 0 Å². The van der Waals surface area contributed by atoms with Crippen LogP contribution in [0.4, 0.5) is 11.4 Å². The zero-order valence-corrected chi connectivity index (χ0v) is 12.0. The normalized spacial score (nSPS) is 13.4. The zero-order valence-electron chi connectivity index (χ0n) is 12.0. The van der Waals surface area contributed by atoms with Gasteiger partial charge in [-0.25, -0.2) is 0 Å². The highest BCUT2D eigenvalue weighted by atomic mass is 16.6. The molecule has 2 rings (SSSR count). The standard InChI is InChI=1S/C14H17N3O4/c1-20-13-8-11(12(17(18)19)9-14(13)21-2)16(7-3-6-15)10-4-5-10/h8-10H,3-5,7H2,1-2H3. The largest absolute Gasteiger partial charge is 0.493 e. The van der Waals surface area contributed by atoms with E-state index < -0.39 is 4.92 Å². The molecule has 1 aromatic carbocycles. The van der Waals surface area contributed by atoms with E-state index in [4.69, 9.17) is 14.7 Å². The van der Waals surface area contributed by atoms with E-state index in [1.54, 1.807) is 6.07 Å². The van der Waals surface area contributed by atoms with Crippen LogP contribution in [0, 0.1) is 21.4 Å². The highest BCUT2D eigenvalue weighted by Gasteiger charge is 2.34. The van der Waals surface area contributed by atoms with Gasteiger partial charge in [-0.2, -0.15) is 5.26 Å². The first-order valence-corrected chi connectivity index (χ1v) is 6.66. The number of rotatable bonds is 7. The smallest absolute Gasteiger partial charge is 0.296 e. The Morgan fingerprint density at radius 1 is 1.38 bits per heavy atom. The predicted molar refractivity (Wildman–Crippen MR) is 76.8 cm³/mol. The second kappa shape index (κ2) is 6.31. The SMILES string of the molecule is COc1cc(N(CCC#N)C2CC2)c([N+](=O)[O-])cc1OC. The maximum Gasteiger partial charge on any atom is 0.296 e. The Balaban J connectivity index is 2.48. The quantitative estimate of drug-likeness (QED) is 0.566. The molecule has 1 saturated carbocycles. The third-order valence-corrected chi connectivity index (χ3v) is 3.44. The molecule has 21 heavy (non-hydrogen) atoms. The van der Waals surface area contributed by atoms with Gasteiger partial charge >= 0.3 is 0 Å². The average Bonchev–Trinajstić information content (AvgIpc) is 3.31. The van der Waals surface area contributed by atoms with E-state index in [9.17, 15) is 10.1 Å². The first kappa shape index (κ1) is 14.9. The number of anilines is 1. The van der Waals surface area contributed by atoms with Crippen molar-refractivity contribution in [2.45, 2.75) is 25.3 Å². The lowest BCUT2D eigenvalue weighted by Gasteiger charge is -2.24. The minimum atomic E-state index is -0.432. The third-order valence-electron chi connectivity index (χ3n) is 3.44. The van der Waals surface area contributed by atoms with Crippen molar-refractivity contribution in [3.8, 4) is 17.6 Å². The molecule has 1 fully saturated rings. The number of benzene rings is 1. The molecule has 0 atom stereocenters. The van der Waals surface area contributed by atoms with E-state index in [2.05, 4.69) is 6.07 Å². The van der Waals surface area contributed by atoms with Crippen molar-refractivity contribution >= 4 is 11.4 Å². The summed E-state index contributed by atoms with van der Waals surface area (Å²) in [5, 5.41) is 20.1. The van der Waals surface area contributed by atoms with E-state index >= 15 is 0 Å². The molecule has 112 valence electrons. The molecular weight excluding hydrogens is 274 g/mol. The molecule has 0 unspecified atom stereocenters. The molecule has 0 spiro atoms. The maximum atomic E-state index is 11.3. The fourth-order valence-electron chi connectivity index (χ4n) is 2.29. The van der Waals surface area contributed by atoms with Crippen LogP contribution in [-0.2, 0) is 0 Å². The Morgan fingerprint density at radius 3 is 2.48 bits per heavy atom. The number of nitriles is 1. The van der Waals surface area contributed by atoms with E-state index in [0.29, 0.717) is 30.2 Å². The van der Waals surface area contributed by atoms with Crippen molar-refractivity contribution < 1.29 is 14.4 Å². The third kappa shape index (κ3) is 3.16. The van der Waals surface area contributed by atoms with Crippen LogP contribution in [0.1, 0.15) is 19.3 Å². The summed E-state index contributed by atoms with van der Waals surface area (Å²) in [6.45, 7) is 0.470. The van der Waals surface area contributed by atoms with Crippen LogP contribution in [0.15, 0.2) is 12.1 Å². The number of nitrogens with zero attached hydrogens (tertiary/aromatic N) is 3. The molecule has 1 aromatic rings. The molecule has 0 amide bonds. The van der Waals surface area contributed by atoms with Crippen LogP contribution in [0.2, 0.25) is 0 Å². The molecule has 0 heterocycles. The summed E-state index contributed by atoms with van der Waals surface area (Å²) < 4.78 is 10.3. The van der Waals surface area contributed by atoms with Gasteiger partial charge in [0.15, 0.2) is 11.5 Å². The minimum absolute atomic E-state index is 0.0301. The second-order valence-electron chi connectivity index (χ2n) is 4.79. The Morgan fingerprint density at radius 2 is 2.00 bits per heavy atom. The first-order valence-electron chi connectivity index (χ1n) is 6.66. The van der Waals surface area contributed by atoms with Crippen molar-refractivity contribution in [1.82, 2.24) is 0 Å². The number of methoxy groups -OCH3 is 2. The van der Waals surface area contributed by atoms with E-state index in [0.717, 1.165) is 12.8 Å². The van der Waals surface area contributed by atoms with Crippen molar-refractivity contribution in [1.29, 1.82) is 5.26 Å². The fourth-order valence-corrected chi connectivity index (χ4v) is 2.29. The second-order valence-corrected chi connectivity index (χ2v) is 4.79. The monoisotopic (exact) mass is 291 g/mol. The maximum absolute atomic E-state index is 11.3. The van der Waals surface area contributed by atoms with Gasteiger partial charge in [0.1, 0.15) is 5.69 Å². The predicted octanol–water partition coefficient (Wildman–Crippen LogP) is 2.49. The molecule has 0 saturated heterocycles. The summed E-state index contributed by atoms with van der Waals surface area (Å²) in [4.78, 5) is 12.8. The summed E-state index contributed by atoms with van der Waals surface area (Å²) in [6, 6.07) is 5.33. The van der Waals surface area contributed by atoms with Crippen molar-refractivity contribution in [3.05, 3.63) is 22.2 Å². The first-order chi connectivity index (χ1) is 10.1. The van der Waals surface area contributed by atoms with Gasteiger partial charge in [0.05, 0.1) is 37.7 Å². The molecule has 1 aliphatic carbocycles. The number of hydrogen-bond acceptors (Lipinski definition) is 6. The van der Waals surface area contributed by atoms with Crippen LogP contribution in [0.3, 0.4) is 0 Å². The lowest BCUT2D eigenvalue weighted by molar-refractivity contribution is -0.384. The number of hydrogen-bond donors (Lipinski definition) is 0. The van der Waals surface area contributed by atoms with Gasteiger partial charge in [0, 0.05) is 18.7 Å². The summed E-state index contributed by atoms with van der Waals surface area (Å²) in [5.41, 5.74) is 0.452. The topological polar surface area (TPSA) is 88.6 Å². The van der Waals surface area contributed by atoms with Crippen molar-refractivity contribution in [3.63, 3.8) is 0 Å². The van der Waals surface area contributed by atoms with Gasteiger partial charge in [-0.1, -0.05) is 0 Å². The molecule has 0 aromatic heterocycles. The average molecular weight is 291 g/mol. The van der Waals surface area contributed by atoms with Crippen LogP contribution in [0.5, 0.6) is 11.5 Å². The van der Waals surface area contributed by atoms with E-state index in [1.807, 2.05) is 4.90 Å². The highest BCUT2D eigenvalue weighted by Crippen LogP contribution is 2.43. The van der Waals surface area contributed by atoms with Gasteiger partial charge in [0.2, 0.25) is 0 Å². The Hall–Kier alpha value is -2.49. The molecule has 0 aliphatic heterocycles. The molecule has 7 heteroatoms.